The SMILES string of the molecule is CC(C)Cc1n[nH]c2c1C(c1ccsc1)N(c1ccc(C(C)(C)C)cc1)C2=O. The van der Waals surface area contributed by atoms with Crippen LogP contribution in [0.4, 0.5) is 5.69 Å². The fourth-order valence-corrected chi connectivity index (χ4v) is 4.57. The van der Waals surface area contributed by atoms with E-state index in [0.717, 1.165) is 28.9 Å². The number of benzene rings is 1. The van der Waals surface area contributed by atoms with Crippen molar-refractivity contribution in [1.82, 2.24) is 10.2 Å². The Morgan fingerprint density at radius 3 is 2.46 bits per heavy atom. The van der Waals surface area contributed by atoms with Crippen molar-refractivity contribution >= 4 is 22.9 Å². The summed E-state index contributed by atoms with van der Waals surface area (Å²) in [5, 5.41) is 11.7. The van der Waals surface area contributed by atoms with Crippen molar-refractivity contribution in [1.29, 1.82) is 0 Å². The molecule has 1 amide bonds. The molecule has 146 valence electrons. The lowest BCUT2D eigenvalue weighted by atomic mass is 9.87. The molecule has 0 radical (unpaired) electrons. The van der Waals surface area contributed by atoms with E-state index in [1.807, 2.05) is 4.90 Å². The number of nitrogens with zero attached hydrogens (tertiary/aromatic N) is 2. The van der Waals surface area contributed by atoms with Crippen molar-refractivity contribution in [3.63, 3.8) is 0 Å². The lowest BCUT2D eigenvalue weighted by Gasteiger charge is -2.27. The summed E-state index contributed by atoms with van der Waals surface area (Å²) in [5.74, 6) is 0.475. The molecule has 0 bridgehead atoms. The van der Waals surface area contributed by atoms with Crippen LogP contribution in [0.25, 0.3) is 0 Å². The first-order valence-electron chi connectivity index (χ1n) is 9.80. The summed E-state index contributed by atoms with van der Waals surface area (Å²) in [6.07, 6.45) is 0.858. The predicted octanol–water partition coefficient (Wildman–Crippen LogP) is 5.72. The number of thiophene rings is 1. The molecule has 3 aromatic rings. The van der Waals surface area contributed by atoms with E-state index in [2.05, 4.69) is 85.9 Å². The normalized spacial score (nSPS) is 16.9. The number of fused-ring (bicyclic) bond motifs is 1. The number of H-pyrrole nitrogens is 1. The van der Waals surface area contributed by atoms with E-state index in [4.69, 9.17) is 0 Å². The van der Waals surface area contributed by atoms with E-state index < -0.39 is 0 Å². The number of anilines is 1. The second kappa shape index (κ2) is 6.89. The van der Waals surface area contributed by atoms with Crippen LogP contribution in [0.3, 0.4) is 0 Å². The molecule has 1 unspecified atom stereocenters. The van der Waals surface area contributed by atoms with E-state index in [9.17, 15) is 4.79 Å². The lowest BCUT2D eigenvalue weighted by molar-refractivity contribution is 0.0989. The maximum atomic E-state index is 13.3. The first-order valence-corrected chi connectivity index (χ1v) is 10.7. The van der Waals surface area contributed by atoms with Gasteiger partial charge in [-0.05, 0) is 57.8 Å². The molecule has 3 heterocycles. The molecule has 1 N–H and O–H groups in total. The van der Waals surface area contributed by atoms with Gasteiger partial charge in [0.1, 0.15) is 5.69 Å². The maximum absolute atomic E-state index is 13.3. The number of rotatable bonds is 4. The molecule has 5 heteroatoms. The molecule has 1 atom stereocenters. The zero-order chi connectivity index (χ0) is 20.1. The standard InChI is InChI=1S/C23H27N3OS/c1-14(2)12-18-19-20(25-24-18)22(27)26(21(19)15-10-11-28-13-15)17-8-6-16(7-9-17)23(3,4)5/h6-11,13-14,21H,12H2,1-5H3,(H,24,25). The molecule has 0 saturated heterocycles. The average molecular weight is 394 g/mol. The largest absolute Gasteiger partial charge is 0.295 e. The minimum Gasteiger partial charge on any atom is -0.295 e. The topological polar surface area (TPSA) is 49.0 Å². The molecule has 2 aromatic heterocycles. The van der Waals surface area contributed by atoms with E-state index in [1.54, 1.807) is 11.3 Å². The first kappa shape index (κ1) is 18.9. The number of aromatic amines is 1. The van der Waals surface area contributed by atoms with Crippen LogP contribution in [-0.4, -0.2) is 16.1 Å². The van der Waals surface area contributed by atoms with Crippen molar-refractivity contribution in [3.05, 3.63) is 69.2 Å². The minimum atomic E-state index is -0.123. The van der Waals surface area contributed by atoms with Crippen LogP contribution >= 0.6 is 11.3 Å². The van der Waals surface area contributed by atoms with Crippen LogP contribution in [0, 0.1) is 5.92 Å². The van der Waals surface area contributed by atoms with Crippen molar-refractivity contribution in [2.24, 2.45) is 5.92 Å². The van der Waals surface area contributed by atoms with Gasteiger partial charge in [-0.15, -0.1) is 0 Å². The molecule has 1 aromatic carbocycles. The Kier molecular flexibility index (Phi) is 4.66. The third-order valence-corrected chi connectivity index (χ3v) is 6.02. The molecular weight excluding hydrogens is 366 g/mol. The van der Waals surface area contributed by atoms with Crippen molar-refractivity contribution in [3.8, 4) is 0 Å². The van der Waals surface area contributed by atoms with Crippen molar-refractivity contribution in [2.75, 3.05) is 4.90 Å². The number of carbonyl (C=O) groups excluding carboxylic acids is 1. The van der Waals surface area contributed by atoms with Gasteiger partial charge in [-0.3, -0.25) is 14.8 Å². The van der Waals surface area contributed by atoms with Crippen LogP contribution in [-0.2, 0) is 11.8 Å². The summed E-state index contributed by atoms with van der Waals surface area (Å²) in [7, 11) is 0. The molecule has 0 aliphatic carbocycles. The van der Waals surface area contributed by atoms with E-state index in [1.165, 1.54) is 5.56 Å². The molecule has 4 rings (SSSR count). The summed E-state index contributed by atoms with van der Waals surface area (Å²) in [6, 6.07) is 10.4. The Morgan fingerprint density at radius 2 is 1.89 bits per heavy atom. The summed E-state index contributed by atoms with van der Waals surface area (Å²) < 4.78 is 0. The van der Waals surface area contributed by atoms with Gasteiger partial charge in [0.05, 0.1) is 11.7 Å². The third kappa shape index (κ3) is 3.18. The number of hydrogen-bond acceptors (Lipinski definition) is 3. The van der Waals surface area contributed by atoms with Gasteiger partial charge >= 0.3 is 0 Å². The molecule has 0 fully saturated rings. The predicted molar refractivity (Wildman–Crippen MR) is 115 cm³/mol. The minimum absolute atomic E-state index is 0.00258. The van der Waals surface area contributed by atoms with Gasteiger partial charge in [0.15, 0.2) is 0 Å². The second-order valence-corrected chi connectivity index (χ2v) is 9.77. The van der Waals surface area contributed by atoms with Crippen molar-refractivity contribution < 1.29 is 4.79 Å². The molecule has 28 heavy (non-hydrogen) atoms. The van der Waals surface area contributed by atoms with Gasteiger partial charge < -0.3 is 0 Å². The molecular formula is C23H27N3OS. The van der Waals surface area contributed by atoms with E-state index in [-0.39, 0.29) is 17.4 Å². The quantitative estimate of drug-likeness (QED) is 0.616. The first-order chi connectivity index (χ1) is 13.3. The highest BCUT2D eigenvalue weighted by Crippen LogP contribution is 2.43. The Bertz CT molecular complexity index is 978. The van der Waals surface area contributed by atoms with Crippen LogP contribution in [0.5, 0.6) is 0 Å². The Morgan fingerprint density at radius 1 is 1.18 bits per heavy atom. The van der Waals surface area contributed by atoms with Crippen LogP contribution in [0.15, 0.2) is 41.1 Å². The number of hydrogen-bond donors (Lipinski definition) is 1. The fraction of sp³-hybridized carbons (Fsp3) is 0.391. The molecule has 1 aliphatic heterocycles. The fourth-order valence-electron chi connectivity index (χ4n) is 3.89. The van der Waals surface area contributed by atoms with Gasteiger partial charge in [0, 0.05) is 11.3 Å². The van der Waals surface area contributed by atoms with Crippen LogP contribution < -0.4 is 4.90 Å². The lowest BCUT2D eigenvalue weighted by Crippen LogP contribution is -2.29. The van der Waals surface area contributed by atoms with Gasteiger partial charge in [0.2, 0.25) is 0 Å². The number of carbonyl (C=O) groups is 1. The van der Waals surface area contributed by atoms with Gasteiger partial charge in [-0.2, -0.15) is 16.4 Å². The summed E-state index contributed by atoms with van der Waals surface area (Å²) in [6.45, 7) is 11.0. The van der Waals surface area contributed by atoms with E-state index in [0.29, 0.717) is 11.6 Å². The zero-order valence-corrected chi connectivity index (χ0v) is 17.9. The molecule has 1 aliphatic rings. The van der Waals surface area contributed by atoms with E-state index >= 15 is 0 Å². The molecule has 4 nitrogen and oxygen atoms in total. The van der Waals surface area contributed by atoms with Crippen molar-refractivity contribution in [2.45, 2.75) is 52.5 Å². The average Bonchev–Trinajstić information content (AvgIpc) is 3.33. The molecule has 0 saturated carbocycles. The number of amides is 1. The second-order valence-electron chi connectivity index (χ2n) is 8.99. The Hall–Kier alpha value is -2.40. The highest BCUT2D eigenvalue weighted by Gasteiger charge is 2.42. The monoisotopic (exact) mass is 393 g/mol. The number of nitrogens with one attached hydrogen (secondary N) is 1. The summed E-state index contributed by atoms with van der Waals surface area (Å²) >= 11 is 1.66. The Balaban J connectivity index is 1.81. The molecule has 0 spiro atoms. The highest BCUT2D eigenvalue weighted by molar-refractivity contribution is 7.08. The maximum Gasteiger partial charge on any atom is 0.277 e. The van der Waals surface area contributed by atoms with Gasteiger partial charge in [0.25, 0.3) is 5.91 Å². The van der Waals surface area contributed by atoms with Gasteiger partial charge in [-0.1, -0.05) is 46.8 Å². The van der Waals surface area contributed by atoms with Crippen LogP contribution in [0.2, 0.25) is 0 Å². The highest BCUT2D eigenvalue weighted by atomic mass is 32.1. The third-order valence-electron chi connectivity index (χ3n) is 5.32. The number of aromatic nitrogens is 2. The van der Waals surface area contributed by atoms with Crippen LogP contribution in [0.1, 0.15) is 73.5 Å². The smallest absolute Gasteiger partial charge is 0.277 e. The summed E-state index contributed by atoms with van der Waals surface area (Å²) in [5.41, 5.74) is 6.08. The zero-order valence-electron chi connectivity index (χ0n) is 17.1. The summed E-state index contributed by atoms with van der Waals surface area (Å²) in [4.78, 5) is 15.3. The van der Waals surface area contributed by atoms with Gasteiger partial charge in [-0.25, -0.2) is 0 Å². The Labute approximate surface area is 170 Å².